The first-order valence-corrected chi connectivity index (χ1v) is 14.6. The van der Waals surface area contributed by atoms with Crippen molar-refractivity contribution in [2.24, 2.45) is 11.5 Å². The van der Waals surface area contributed by atoms with Crippen LogP contribution in [-0.4, -0.2) is 93.5 Å². The van der Waals surface area contributed by atoms with E-state index in [4.69, 9.17) is 11.5 Å². The first kappa shape index (κ1) is 31.7. The van der Waals surface area contributed by atoms with E-state index in [0.29, 0.717) is 43.0 Å². The molecule has 0 fully saturated rings. The molecule has 3 amide bonds. The second-order valence-corrected chi connectivity index (χ2v) is 10.2. The van der Waals surface area contributed by atoms with Gasteiger partial charge >= 0.3 is 5.97 Å². The van der Waals surface area contributed by atoms with Crippen LogP contribution in [0.5, 0.6) is 0 Å². The Morgan fingerprint density at radius 3 is 2.03 bits per heavy atom. The monoisotopic (exact) mass is 545 g/mol. The summed E-state index contributed by atoms with van der Waals surface area (Å²) in [5, 5.41) is 17.4. The predicted molar refractivity (Wildman–Crippen MR) is 143 cm³/mol. The van der Waals surface area contributed by atoms with Gasteiger partial charge in [0.15, 0.2) is 0 Å². The smallest absolute Gasteiger partial charge is 0.326 e. The topological polar surface area (TPSA) is 205 Å². The molecule has 14 heteroatoms. The molecule has 0 bridgehead atoms. The van der Waals surface area contributed by atoms with Crippen molar-refractivity contribution in [2.45, 2.75) is 62.7 Å². The number of imidazole rings is 1. The van der Waals surface area contributed by atoms with Crippen LogP contribution in [0.15, 0.2) is 12.5 Å². The summed E-state index contributed by atoms with van der Waals surface area (Å²) < 4.78 is 0. The highest BCUT2D eigenvalue weighted by Crippen LogP contribution is 2.08. The number of carbonyl (C=O) groups excluding carboxylic acids is 3. The minimum atomic E-state index is -1.14. The third-order valence-corrected chi connectivity index (χ3v) is 6.67. The van der Waals surface area contributed by atoms with Gasteiger partial charge in [-0.1, -0.05) is 0 Å². The molecular weight excluding hydrogens is 506 g/mol. The van der Waals surface area contributed by atoms with Gasteiger partial charge in [0, 0.05) is 18.3 Å². The van der Waals surface area contributed by atoms with Gasteiger partial charge in [0.25, 0.3) is 0 Å². The number of aromatic amines is 1. The Morgan fingerprint density at radius 1 is 0.944 bits per heavy atom. The zero-order valence-electron chi connectivity index (χ0n) is 20.8. The molecular formula is C22H39N7O5S2. The number of aromatic nitrogens is 2. The van der Waals surface area contributed by atoms with Crippen LogP contribution in [-0.2, 0) is 25.6 Å². The highest BCUT2D eigenvalue weighted by atomic mass is 32.2. The van der Waals surface area contributed by atoms with Gasteiger partial charge < -0.3 is 37.5 Å². The molecule has 9 N–H and O–H groups in total. The average Bonchev–Trinajstić information content (AvgIpc) is 3.36. The summed E-state index contributed by atoms with van der Waals surface area (Å²) in [5.41, 5.74) is 12.3. The number of thioether (sulfide) groups is 2. The lowest BCUT2D eigenvalue weighted by Gasteiger charge is -2.25. The van der Waals surface area contributed by atoms with E-state index in [1.807, 2.05) is 12.5 Å². The molecule has 1 aromatic rings. The van der Waals surface area contributed by atoms with Crippen molar-refractivity contribution in [3.63, 3.8) is 0 Å². The maximum atomic E-state index is 13.1. The van der Waals surface area contributed by atoms with Crippen LogP contribution in [0.2, 0.25) is 0 Å². The molecule has 12 nitrogen and oxygen atoms in total. The van der Waals surface area contributed by atoms with Gasteiger partial charge in [0.1, 0.15) is 18.1 Å². The number of amides is 3. The second-order valence-electron chi connectivity index (χ2n) is 8.26. The van der Waals surface area contributed by atoms with E-state index in [-0.39, 0.29) is 19.3 Å². The average molecular weight is 546 g/mol. The standard InChI is InChI=1S/C22H39N7O5S2/c1-35-9-6-17(27-19(30)15(24)11-14-12-25-13-26-14)21(32)28-16(5-3-4-8-23)20(31)29-18(22(33)34)7-10-36-2/h12-13,15-18H,3-11,23-24H2,1-2H3,(H,25,26)(H,27,30)(H,28,32)(H,29,31)(H,33,34). The minimum absolute atomic E-state index is 0.222. The lowest BCUT2D eigenvalue weighted by atomic mass is 10.1. The Labute approximate surface area is 220 Å². The number of nitrogens with one attached hydrogen (secondary N) is 4. The number of H-pyrrole nitrogens is 1. The van der Waals surface area contributed by atoms with Crippen molar-refractivity contribution in [2.75, 3.05) is 30.6 Å². The van der Waals surface area contributed by atoms with Crippen LogP contribution in [0.4, 0.5) is 0 Å². The number of hydrogen-bond acceptors (Lipinski definition) is 9. The van der Waals surface area contributed by atoms with Crippen LogP contribution in [0, 0.1) is 0 Å². The molecule has 0 aliphatic carbocycles. The number of hydrogen-bond donors (Lipinski definition) is 7. The lowest BCUT2D eigenvalue weighted by molar-refractivity contribution is -0.142. The fourth-order valence-electron chi connectivity index (χ4n) is 3.31. The number of aliphatic carboxylic acids is 1. The van der Waals surface area contributed by atoms with Gasteiger partial charge in [-0.2, -0.15) is 23.5 Å². The van der Waals surface area contributed by atoms with Gasteiger partial charge in [-0.3, -0.25) is 14.4 Å². The molecule has 4 unspecified atom stereocenters. The summed E-state index contributed by atoms with van der Waals surface area (Å²) in [5.74, 6) is -1.61. The zero-order valence-corrected chi connectivity index (χ0v) is 22.5. The fourth-order valence-corrected chi connectivity index (χ4v) is 4.25. The van der Waals surface area contributed by atoms with E-state index >= 15 is 0 Å². The lowest BCUT2D eigenvalue weighted by Crippen LogP contribution is -2.57. The normalized spacial score (nSPS) is 14.3. The van der Waals surface area contributed by atoms with Crippen LogP contribution < -0.4 is 27.4 Å². The van der Waals surface area contributed by atoms with Gasteiger partial charge in [-0.15, -0.1) is 0 Å². The third kappa shape index (κ3) is 12.1. The summed E-state index contributed by atoms with van der Waals surface area (Å²) in [6.45, 7) is 0.425. The number of nitrogens with two attached hydrogens (primary N) is 2. The highest BCUT2D eigenvalue weighted by molar-refractivity contribution is 7.98. The molecule has 0 saturated heterocycles. The molecule has 0 aliphatic rings. The third-order valence-electron chi connectivity index (χ3n) is 5.38. The number of carboxylic acids is 1. The SMILES string of the molecule is CSCCC(NC(=O)C(CCCCN)NC(=O)C(CCSC)NC(=O)C(N)Cc1cnc[nH]1)C(=O)O. The van der Waals surface area contributed by atoms with Crippen molar-refractivity contribution in [1.29, 1.82) is 0 Å². The van der Waals surface area contributed by atoms with Crippen molar-refractivity contribution in [3.05, 3.63) is 18.2 Å². The molecule has 204 valence electrons. The Balaban J connectivity index is 2.90. The molecule has 0 spiro atoms. The van der Waals surface area contributed by atoms with Gasteiger partial charge in [0.05, 0.1) is 12.4 Å². The number of nitrogens with zero attached hydrogens (tertiary/aromatic N) is 1. The minimum Gasteiger partial charge on any atom is -0.480 e. The van der Waals surface area contributed by atoms with E-state index in [2.05, 4.69) is 25.9 Å². The maximum Gasteiger partial charge on any atom is 0.326 e. The maximum absolute atomic E-state index is 13.1. The molecule has 0 saturated carbocycles. The summed E-state index contributed by atoms with van der Waals surface area (Å²) in [4.78, 5) is 57.1. The summed E-state index contributed by atoms with van der Waals surface area (Å²) in [6, 6.07) is -3.83. The number of carboxylic acid groups (broad SMARTS) is 1. The van der Waals surface area contributed by atoms with Crippen LogP contribution in [0.1, 0.15) is 37.8 Å². The van der Waals surface area contributed by atoms with Crippen molar-refractivity contribution in [1.82, 2.24) is 25.9 Å². The fraction of sp³-hybridized carbons (Fsp3) is 0.682. The molecule has 1 aromatic heterocycles. The molecule has 0 aromatic carbocycles. The molecule has 0 radical (unpaired) electrons. The first-order chi connectivity index (χ1) is 17.2. The van der Waals surface area contributed by atoms with Gasteiger partial charge in [-0.05, 0) is 62.7 Å². The van der Waals surface area contributed by atoms with Crippen molar-refractivity contribution < 1.29 is 24.3 Å². The van der Waals surface area contributed by atoms with Crippen molar-refractivity contribution >= 4 is 47.2 Å². The second kappa shape index (κ2) is 18.0. The molecule has 36 heavy (non-hydrogen) atoms. The Hall–Kier alpha value is -2.29. The Morgan fingerprint density at radius 2 is 1.50 bits per heavy atom. The summed E-state index contributed by atoms with van der Waals surface area (Å²) in [6.07, 6.45) is 9.08. The molecule has 0 aliphatic heterocycles. The predicted octanol–water partition coefficient (Wildman–Crippen LogP) is -0.546. The van der Waals surface area contributed by atoms with Crippen molar-refractivity contribution in [3.8, 4) is 0 Å². The van der Waals surface area contributed by atoms with Crippen LogP contribution in [0.3, 0.4) is 0 Å². The summed E-state index contributed by atoms with van der Waals surface area (Å²) >= 11 is 2.99. The van der Waals surface area contributed by atoms with Gasteiger partial charge in [0.2, 0.25) is 17.7 Å². The number of unbranched alkanes of at least 4 members (excludes halogenated alkanes) is 1. The Kier molecular flexibility index (Phi) is 15.9. The zero-order chi connectivity index (χ0) is 26.9. The molecule has 4 atom stereocenters. The molecule has 1 heterocycles. The highest BCUT2D eigenvalue weighted by Gasteiger charge is 2.30. The number of rotatable bonds is 19. The van der Waals surface area contributed by atoms with E-state index in [0.717, 1.165) is 0 Å². The Bertz CT molecular complexity index is 813. The van der Waals surface area contributed by atoms with Gasteiger partial charge in [-0.25, -0.2) is 9.78 Å². The number of carbonyl (C=O) groups is 4. The quantitative estimate of drug-likeness (QED) is 0.110. The van der Waals surface area contributed by atoms with E-state index in [9.17, 15) is 24.3 Å². The molecule has 1 rings (SSSR count). The van der Waals surface area contributed by atoms with Crippen LogP contribution >= 0.6 is 23.5 Å². The largest absolute Gasteiger partial charge is 0.480 e. The van der Waals surface area contributed by atoms with E-state index < -0.39 is 47.9 Å². The van der Waals surface area contributed by atoms with E-state index in [1.54, 1.807) is 6.20 Å². The first-order valence-electron chi connectivity index (χ1n) is 11.8. The van der Waals surface area contributed by atoms with E-state index in [1.165, 1.54) is 29.9 Å². The van der Waals surface area contributed by atoms with Crippen LogP contribution in [0.25, 0.3) is 0 Å². The summed E-state index contributed by atoms with van der Waals surface area (Å²) in [7, 11) is 0.